The van der Waals surface area contributed by atoms with Gasteiger partial charge in [0.2, 0.25) is 0 Å². The predicted octanol–water partition coefficient (Wildman–Crippen LogP) is 2.59. The highest BCUT2D eigenvalue weighted by atomic mass is 35.5. The van der Waals surface area contributed by atoms with Crippen LogP contribution < -0.4 is 5.32 Å². The Morgan fingerprint density at radius 3 is 2.88 bits per heavy atom. The number of H-pyrrole nitrogens is 1. The Kier molecular flexibility index (Phi) is 3.58. The number of halogens is 1. The number of nitrogens with zero attached hydrogens (tertiary/aromatic N) is 3. The van der Waals surface area contributed by atoms with Crippen molar-refractivity contribution in [1.82, 2.24) is 19.9 Å². The molecule has 0 unspecified atom stereocenters. The van der Waals surface area contributed by atoms with Crippen molar-refractivity contribution in [3.05, 3.63) is 35.3 Å². The lowest BCUT2D eigenvalue weighted by Gasteiger charge is -2.08. The summed E-state index contributed by atoms with van der Waals surface area (Å²) in [6, 6.07) is 1.71. The standard InChI is InChI=1S/C11H14ClN5/c1-7(2)11-16-9(12)3-10(17-11)14-5-8-4-13-6-15-8/h3-4,6-7H,5H2,1-2H3,(H,13,15)(H,14,16,17). The van der Waals surface area contributed by atoms with Crippen LogP contribution in [0.15, 0.2) is 18.6 Å². The number of rotatable bonds is 4. The van der Waals surface area contributed by atoms with Crippen LogP contribution in [-0.4, -0.2) is 19.9 Å². The molecule has 0 atom stereocenters. The molecule has 0 spiro atoms. The maximum Gasteiger partial charge on any atom is 0.135 e. The highest BCUT2D eigenvalue weighted by Crippen LogP contribution is 2.17. The van der Waals surface area contributed by atoms with Gasteiger partial charge in [-0.2, -0.15) is 0 Å². The maximum absolute atomic E-state index is 5.94. The van der Waals surface area contributed by atoms with Crippen molar-refractivity contribution in [2.75, 3.05) is 5.32 Å². The number of hydrogen-bond donors (Lipinski definition) is 2. The first kappa shape index (κ1) is 11.9. The fraction of sp³-hybridized carbons (Fsp3) is 0.364. The number of nitrogens with one attached hydrogen (secondary N) is 2. The molecule has 90 valence electrons. The molecule has 0 saturated heterocycles. The lowest BCUT2D eigenvalue weighted by Crippen LogP contribution is -2.05. The molecule has 0 aromatic carbocycles. The predicted molar refractivity (Wildman–Crippen MR) is 67.0 cm³/mol. The second-order valence-electron chi connectivity index (χ2n) is 4.02. The summed E-state index contributed by atoms with van der Waals surface area (Å²) in [7, 11) is 0. The first-order valence-electron chi connectivity index (χ1n) is 5.40. The first-order valence-corrected chi connectivity index (χ1v) is 5.78. The zero-order valence-electron chi connectivity index (χ0n) is 9.74. The summed E-state index contributed by atoms with van der Waals surface area (Å²) in [6.07, 6.45) is 3.41. The lowest BCUT2D eigenvalue weighted by molar-refractivity contribution is 0.774. The van der Waals surface area contributed by atoms with Gasteiger partial charge in [0.1, 0.15) is 16.8 Å². The van der Waals surface area contributed by atoms with Gasteiger partial charge in [0, 0.05) is 18.2 Å². The summed E-state index contributed by atoms with van der Waals surface area (Å²) in [5.41, 5.74) is 0.992. The molecule has 0 bridgehead atoms. The lowest BCUT2D eigenvalue weighted by atomic mass is 10.2. The van der Waals surface area contributed by atoms with Crippen LogP contribution in [0.1, 0.15) is 31.3 Å². The number of aromatic amines is 1. The Bertz CT molecular complexity index is 481. The average molecular weight is 252 g/mol. The van der Waals surface area contributed by atoms with Gasteiger partial charge in [-0.15, -0.1) is 0 Å². The van der Waals surface area contributed by atoms with Gasteiger partial charge in [0.25, 0.3) is 0 Å². The van der Waals surface area contributed by atoms with Crippen LogP contribution in [0, 0.1) is 0 Å². The van der Waals surface area contributed by atoms with E-state index in [0.717, 1.165) is 17.3 Å². The third-order valence-electron chi connectivity index (χ3n) is 2.24. The van der Waals surface area contributed by atoms with Gasteiger partial charge < -0.3 is 10.3 Å². The van der Waals surface area contributed by atoms with Crippen molar-refractivity contribution < 1.29 is 0 Å². The molecule has 2 N–H and O–H groups in total. The molecule has 2 aromatic rings. The molecule has 17 heavy (non-hydrogen) atoms. The Labute approximate surface area is 105 Å². The molecule has 0 aliphatic carbocycles. The van der Waals surface area contributed by atoms with E-state index in [9.17, 15) is 0 Å². The van der Waals surface area contributed by atoms with Gasteiger partial charge in [0.05, 0.1) is 18.6 Å². The van der Waals surface area contributed by atoms with Crippen molar-refractivity contribution in [3.63, 3.8) is 0 Å². The second kappa shape index (κ2) is 5.14. The van der Waals surface area contributed by atoms with E-state index in [1.165, 1.54) is 0 Å². The minimum absolute atomic E-state index is 0.251. The van der Waals surface area contributed by atoms with Crippen LogP contribution in [-0.2, 0) is 6.54 Å². The van der Waals surface area contributed by atoms with Crippen LogP contribution in [0.25, 0.3) is 0 Å². The van der Waals surface area contributed by atoms with Crippen molar-refractivity contribution in [2.24, 2.45) is 0 Å². The van der Waals surface area contributed by atoms with Crippen molar-refractivity contribution >= 4 is 17.4 Å². The van der Waals surface area contributed by atoms with Crippen LogP contribution in [0.2, 0.25) is 5.15 Å². The van der Waals surface area contributed by atoms with Gasteiger partial charge in [-0.25, -0.2) is 15.0 Å². The summed E-state index contributed by atoms with van der Waals surface area (Å²) < 4.78 is 0. The molecule has 2 heterocycles. The fourth-order valence-electron chi connectivity index (χ4n) is 1.35. The van der Waals surface area contributed by atoms with Crippen LogP contribution in [0.4, 0.5) is 5.82 Å². The molecular weight excluding hydrogens is 238 g/mol. The third-order valence-corrected chi connectivity index (χ3v) is 2.44. The van der Waals surface area contributed by atoms with E-state index in [2.05, 4.69) is 25.3 Å². The maximum atomic E-state index is 5.94. The van der Waals surface area contributed by atoms with Gasteiger partial charge in [-0.1, -0.05) is 25.4 Å². The topological polar surface area (TPSA) is 66.5 Å². The van der Waals surface area contributed by atoms with Gasteiger partial charge >= 0.3 is 0 Å². The summed E-state index contributed by atoms with van der Waals surface area (Å²) in [6.45, 7) is 4.69. The minimum Gasteiger partial charge on any atom is -0.364 e. The van der Waals surface area contributed by atoms with E-state index >= 15 is 0 Å². The van der Waals surface area contributed by atoms with Crippen molar-refractivity contribution in [2.45, 2.75) is 26.3 Å². The van der Waals surface area contributed by atoms with Crippen LogP contribution in [0.5, 0.6) is 0 Å². The Morgan fingerprint density at radius 2 is 2.24 bits per heavy atom. The molecule has 2 aromatic heterocycles. The quantitative estimate of drug-likeness (QED) is 0.820. The molecule has 6 heteroatoms. The van der Waals surface area contributed by atoms with Crippen LogP contribution >= 0.6 is 11.6 Å². The van der Waals surface area contributed by atoms with Crippen molar-refractivity contribution in [3.8, 4) is 0 Å². The number of anilines is 1. The molecule has 5 nitrogen and oxygen atoms in total. The van der Waals surface area contributed by atoms with Crippen LogP contribution in [0.3, 0.4) is 0 Å². The number of aromatic nitrogens is 4. The third kappa shape index (κ3) is 3.17. The normalized spacial score (nSPS) is 10.8. The Balaban J connectivity index is 2.10. The second-order valence-corrected chi connectivity index (χ2v) is 4.41. The Hall–Kier alpha value is -1.62. The fourth-order valence-corrected chi connectivity index (χ4v) is 1.54. The Morgan fingerprint density at radius 1 is 1.41 bits per heavy atom. The van der Waals surface area contributed by atoms with Gasteiger partial charge in [-0.3, -0.25) is 0 Å². The van der Waals surface area contributed by atoms with E-state index in [0.29, 0.717) is 11.7 Å². The number of imidazole rings is 1. The van der Waals surface area contributed by atoms with E-state index in [1.54, 1.807) is 18.6 Å². The highest BCUT2D eigenvalue weighted by Gasteiger charge is 2.06. The molecule has 0 aliphatic rings. The molecule has 2 rings (SSSR count). The average Bonchev–Trinajstić information content (AvgIpc) is 2.78. The SMILES string of the molecule is CC(C)c1nc(Cl)cc(NCc2cnc[nH]2)n1. The molecule has 0 radical (unpaired) electrons. The van der Waals surface area contributed by atoms with E-state index < -0.39 is 0 Å². The summed E-state index contributed by atoms with van der Waals surface area (Å²) >= 11 is 5.94. The molecular formula is C11H14ClN5. The zero-order valence-corrected chi connectivity index (χ0v) is 10.5. The summed E-state index contributed by atoms with van der Waals surface area (Å²) in [5.74, 6) is 1.72. The molecule has 0 amide bonds. The monoisotopic (exact) mass is 251 g/mol. The first-order chi connectivity index (χ1) is 8.15. The minimum atomic E-state index is 0.251. The smallest absolute Gasteiger partial charge is 0.135 e. The molecule has 0 fully saturated rings. The van der Waals surface area contributed by atoms with E-state index in [1.807, 2.05) is 13.8 Å². The van der Waals surface area contributed by atoms with Gasteiger partial charge in [-0.05, 0) is 0 Å². The zero-order chi connectivity index (χ0) is 12.3. The summed E-state index contributed by atoms with van der Waals surface area (Å²) in [4.78, 5) is 15.5. The van der Waals surface area contributed by atoms with E-state index in [-0.39, 0.29) is 5.92 Å². The summed E-state index contributed by atoms with van der Waals surface area (Å²) in [5, 5.41) is 3.63. The van der Waals surface area contributed by atoms with E-state index in [4.69, 9.17) is 11.6 Å². The largest absolute Gasteiger partial charge is 0.364 e. The highest BCUT2D eigenvalue weighted by molar-refractivity contribution is 6.29. The number of hydrogen-bond acceptors (Lipinski definition) is 4. The van der Waals surface area contributed by atoms with Gasteiger partial charge in [0.15, 0.2) is 0 Å². The molecule has 0 saturated carbocycles. The molecule has 0 aliphatic heterocycles. The van der Waals surface area contributed by atoms with Crippen molar-refractivity contribution in [1.29, 1.82) is 0 Å².